The lowest BCUT2D eigenvalue weighted by atomic mass is 10.4. The van der Waals surface area contributed by atoms with Crippen molar-refractivity contribution in [1.82, 2.24) is 0 Å². The summed E-state index contributed by atoms with van der Waals surface area (Å²) >= 11 is 0. The normalized spacial score (nSPS) is 19.2. The number of rotatable bonds is 16. The van der Waals surface area contributed by atoms with Crippen molar-refractivity contribution in [3.8, 4) is 0 Å². The SMILES string of the molecule is COC(C)CO[Si](OCC(C)OC)(OCC(C)OC)OCC(C)OC. The van der Waals surface area contributed by atoms with Crippen LogP contribution in [0.3, 0.4) is 0 Å². The molecule has 9 heteroatoms. The van der Waals surface area contributed by atoms with E-state index >= 15 is 0 Å². The Morgan fingerprint density at radius 2 is 0.680 bits per heavy atom. The third-order valence-electron chi connectivity index (χ3n) is 3.59. The molecule has 0 bridgehead atoms. The van der Waals surface area contributed by atoms with Crippen LogP contribution in [0.2, 0.25) is 0 Å². The summed E-state index contributed by atoms with van der Waals surface area (Å²) in [5.41, 5.74) is 0. The highest BCUT2D eigenvalue weighted by Crippen LogP contribution is 2.16. The van der Waals surface area contributed by atoms with E-state index in [2.05, 4.69) is 0 Å². The molecule has 0 aromatic carbocycles. The highest BCUT2D eigenvalue weighted by atomic mass is 28.4. The molecule has 8 nitrogen and oxygen atoms in total. The summed E-state index contributed by atoms with van der Waals surface area (Å²) < 4.78 is 44.8. The summed E-state index contributed by atoms with van der Waals surface area (Å²) in [5.74, 6) is 0. The van der Waals surface area contributed by atoms with E-state index in [0.29, 0.717) is 0 Å². The first-order valence-electron chi connectivity index (χ1n) is 8.49. The van der Waals surface area contributed by atoms with Crippen LogP contribution in [0.1, 0.15) is 27.7 Å². The van der Waals surface area contributed by atoms with Crippen molar-refractivity contribution in [2.45, 2.75) is 52.1 Å². The van der Waals surface area contributed by atoms with E-state index in [-0.39, 0.29) is 50.8 Å². The molecule has 0 saturated heterocycles. The van der Waals surface area contributed by atoms with Gasteiger partial charge in [-0.1, -0.05) is 0 Å². The second-order valence-corrected chi connectivity index (χ2v) is 8.08. The topological polar surface area (TPSA) is 73.8 Å². The molecule has 0 radical (unpaired) electrons. The molecule has 0 rings (SSSR count). The van der Waals surface area contributed by atoms with Gasteiger partial charge in [0.15, 0.2) is 0 Å². The van der Waals surface area contributed by atoms with Crippen LogP contribution < -0.4 is 0 Å². The van der Waals surface area contributed by atoms with Gasteiger partial charge < -0.3 is 36.7 Å². The molecule has 0 aliphatic carbocycles. The largest absolute Gasteiger partial charge is 0.680 e. The van der Waals surface area contributed by atoms with E-state index in [9.17, 15) is 0 Å². The van der Waals surface area contributed by atoms with Gasteiger partial charge in [-0.15, -0.1) is 0 Å². The fraction of sp³-hybridized carbons (Fsp3) is 1.00. The Kier molecular flexibility index (Phi) is 14.0. The Morgan fingerprint density at radius 3 is 0.840 bits per heavy atom. The maximum atomic E-state index is 5.95. The van der Waals surface area contributed by atoms with Crippen molar-refractivity contribution >= 4 is 9.05 Å². The zero-order valence-corrected chi connectivity index (χ0v) is 17.9. The molecule has 0 saturated carbocycles. The van der Waals surface area contributed by atoms with Crippen molar-refractivity contribution in [3.05, 3.63) is 0 Å². The van der Waals surface area contributed by atoms with E-state index in [0.717, 1.165) is 0 Å². The van der Waals surface area contributed by atoms with Crippen LogP contribution in [0.25, 0.3) is 0 Å². The summed E-state index contributed by atoms with van der Waals surface area (Å²) in [5, 5.41) is 0. The molecular formula is C16H36O8Si. The van der Waals surface area contributed by atoms with E-state index in [1.165, 1.54) is 0 Å². The fourth-order valence-electron chi connectivity index (χ4n) is 1.40. The van der Waals surface area contributed by atoms with Crippen LogP contribution in [0.15, 0.2) is 0 Å². The average molecular weight is 385 g/mol. The Hall–Kier alpha value is -0.103. The van der Waals surface area contributed by atoms with Crippen LogP contribution in [-0.2, 0) is 36.7 Å². The van der Waals surface area contributed by atoms with Gasteiger partial charge in [-0.2, -0.15) is 0 Å². The number of ether oxygens (including phenoxy) is 4. The standard InChI is InChI=1S/C16H36O8Si/c1-13(17-5)9-21-25(22-10-14(2)18-6,23-11-15(3)19-7)24-12-16(4)20-8/h13-16H,9-12H2,1-8H3. The van der Waals surface area contributed by atoms with Crippen molar-refractivity contribution in [2.24, 2.45) is 0 Å². The lowest BCUT2D eigenvalue weighted by Crippen LogP contribution is -2.53. The lowest BCUT2D eigenvalue weighted by molar-refractivity contribution is -0.0909. The molecule has 0 fully saturated rings. The number of hydrogen-bond acceptors (Lipinski definition) is 8. The molecule has 4 atom stereocenters. The minimum Gasteiger partial charge on any atom is -0.379 e. The van der Waals surface area contributed by atoms with Gasteiger partial charge in [-0.3, -0.25) is 0 Å². The van der Waals surface area contributed by atoms with Gasteiger partial charge in [-0.25, -0.2) is 0 Å². The van der Waals surface area contributed by atoms with E-state index in [1.54, 1.807) is 28.4 Å². The molecule has 0 heterocycles. The minimum absolute atomic E-state index is 0.123. The Balaban J connectivity index is 5.11. The van der Waals surface area contributed by atoms with Crippen molar-refractivity contribution in [2.75, 3.05) is 54.9 Å². The Bertz CT molecular complexity index is 259. The summed E-state index contributed by atoms with van der Waals surface area (Å²) in [6, 6.07) is 0. The van der Waals surface area contributed by atoms with Crippen molar-refractivity contribution in [1.29, 1.82) is 0 Å². The van der Waals surface area contributed by atoms with Crippen molar-refractivity contribution < 1.29 is 36.7 Å². The van der Waals surface area contributed by atoms with Gasteiger partial charge in [0.25, 0.3) is 0 Å². The van der Waals surface area contributed by atoms with Gasteiger partial charge in [-0.05, 0) is 27.7 Å². The molecule has 4 unspecified atom stereocenters. The summed E-state index contributed by atoms with van der Waals surface area (Å²) in [6.45, 7) is 8.72. The molecular weight excluding hydrogens is 348 g/mol. The van der Waals surface area contributed by atoms with Gasteiger partial charge in [0.05, 0.1) is 50.8 Å². The maximum Gasteiger partial charge on any atom is 0.680 e. The zero-order valence-electron chi connectivity index (χ0n) is 16.9. The summed E-state index contributed by atoms with van der Waals surface area (Å²) in [4.78, 5) is 0. The molecule has 0 amide bonds. The van der Waals surface area contributed by atoms with Crippen LogP contribution in [0, 0.1) is 0 Å². The van der Waals surface area contributed by atoms with Crippen molar-refractivity contribution in [3.63, 3.8) is 0 Å². The van der Waals surface area contributed by atoms with E-state index < -0.39 is 9.05 Å². The third-order valence-corrected chi connectivity index (χ3v) is 5.67. The first-order chi connectivity index (χ1) is 11.8. The second-order valence-electron chi connectivity index (χ2n) is 5.93. The molecule has 0 spiro atoms. The van der Waals surface area contributed by atoms with Gasteiger partial charge in [0.1, 0.15) is 0 Å². The minimum atomic E-state index is -3.43. The van der Waals surface area contributed by atoms with E-state index in [1.807, 2.05) is 27.7 Å². The van der Waals surface area contributed by atoms with Crippen LogP contribution >= 0.6 is 0 Å². The third kappa shape index (κ3) is 11.3. The Labute approximate surface area is 153 Å². The first kappa shape index (κ1) is 24.9. The first-order valence-corrected chi connectivity index (χ1v) is 10.1. The highest BCUT2D eigenvalue weighted by molar-refractivity contribution is 6.53. The predicted molar refractivity (Wildman–Crippen MR) is 95.4 cm³/mol. The second kappa shape index (κ2) is 14.0. The van der Waals surface area contributed by atoms with Gasteiger partial charge in [0, 0.05) is 28.4 Å². The van der Waals surface area contributed by atoms with Gasteiger partial charge >= 0.3 is 9.05 Å². The molecule has 0 aromatic rings. The molecule has 152 valence electrons. The smallest absolute Gasteiger partial charge is 0.379 e. The maximum absolute atomic E-state index is 5.95. The average Bonchev–Trinajstić information content (AvgIpc) is 2.65. The Morgan fingerprint density at radius 1 is 0.480 bits per heavy atom. The van der Waals surface area contributed by atoms with Crippen LogP contribution in [0.4, 0.5) is 0 Å². The highest BCUT2D eigenvalue weighted by Gasteiger charge is 2.47. The molecule has 0 N–H and O–H groups in total. The predicted octanol–water partition coefficient (Wildman–Crippen LogP) is 1.63. The molecule has 0 aliphatic heterocycles. The van der Waals surface area contributed by atoms with Crippen LogP contribution in [0.5, 0.6) is 0 Å². The van der Waals surface area contributed by atoms with Crippen LogP contribution in [-0.4, -0.2) is 88.3 Å². The van der Waals surface area contributed by atoms with Gasteiger partial charge in [0.2, 0.25) is 0 Å². The molecule has 0 aliphatic rings. The number of methoxy groups -OCH3 is 4. The molecule has 0 aromatic heterocycles. The van der Waals surface area contributed by atoms with E-state index in [4.69, 9.17) is 36.7 Å². The number of hydrogen-bond donors (Lipinski definition) is 0. The summed E-state index contributed by atoms with van der Waals surface area (Å²) in [7, 11) is 3.04. The summed E-state index contributed by atoms with van der Waals surface area (Å²) in [6.07, 6.45) is -0.492. The quantitative estimate of drug-likeness (QED) is 0.372. The molecule has 25 heavy (non-hydrogen) atoms. The lowest BCUT2D eigenvalue weighted by Gasteiger charge is -2.31. The fourth-order valence-corrected chi connectivity index (χ4v) is 3.66. The zero-order chi connectivity index (χ0) is 19.3. The monoisotopic (exact) mass is 384 g/mol.